The molecule has 1 heterocycles. The van der Waals surface area contributed by atoms with Crippen LogP contribution >= 0.6 is 0 Å². The number of piperidine rings is 1. The highest BCUT2D eigenvalue weighted by Crippen LogP contribution is 2.27. The fraction of sp³-hybridized carbons (Fsp3) is 0.579. The molecule has 1 aliphatic heterocycles. The Bertz CT molecular complexity index is 771. The molecule has 0 unspecified atom stereocenters. The lowest BCUT2D eigenvalue weighted by atomic mass is 9.89. The fourth-order valence-corrected chi connectivity index (χ4v) is 3.88. The van der Waals surface area contributed by atoms with E-state index in [0.717, 1.165) is 0 Å². The van der Waals surface area contributed by atoms with Crippen molar-refractivity contribution in [3.8, 4) is 0 Å². The van der Waals surface area contributed by atoms with Crippen LogP contribution in [0.25, 0.3) is 0 Å². The molecule has 0 amide bonds. The van der Waals surface area contributed by atoms with Crippen molar-refractivity contribution in [3.63, 3.8) is 0 Å². The molecule has 7 heteroatoms. The Balaban J connectivity index is 2.07. The average Bonchev–Trinajstić information content (AvgIpc) is 2.61. The second kappa shape index (κ2) is 7.88. The summed E-state index contributed by atoms with van der Waals surface area (Å²) >= 11 is 0. The largest absolute Gasteiger partial charge is 0.367 e. The molecule has 0 saturated carbocycles. The van der Waals surface area contributed by atoms with E-state index in [1.807, 2.05) is 0 Å². The quantitative estimate of drug-likeness (QED) is 0.730. The maximum Gasteiger partial charge on any atom is 0.330 e. The van der Waals surface area contributed by atoms with Crippen molar-refractivity contribution < 1.29 is 22.8 Å². The van der Waals surface area contributed by atoms with E-state index in [0.29, 0.717) is 25.9 Å². The van der Waals surface area contributed by atoms with Crippen molar-refractivity contribution in [1.29, 1.82) is 0 Å². The Labute approximate surface area is 155 Å². The van der Waals surface area contributed by atoms with Gasteiger partial charge in [0.1, 0.15) is 0 Å². The summed E-state index contributed by atoms with van der Waals surface area (Å²) in [4.78, 5) is 30.3. The van der Waals surface area contributed by atoms with Gasteiger partial charge >= 0.3 is 5.97 Å². The maximum absolute atomic E-state index is 12.9. The summed E-state index contributed by atoms with van der Waals surface area (Å²) < 4.78 is 24.5. The van der Waals surface area contributed by atoms with Crippen LogP contribution in [-0.4, -0.2) is 44.1 Å². The van der Waals surface area contributed by atoms with E-state index < -0.39 is 15.3 Å². The van der Waals surface area contributed by atoms with Gasteiger partial charge in [0.25, 0.3) is 0 Å². The number of sulfone groups is 1. The predicted octanol–water partition coefficient (Wildman–Crippen LogP) is 2.88. The highest BCUT2D eigenvalue weighted by molar-refractivity contribution is 7.91. The number of Topliss-reactive ketones (excluding diaryl/α,β-unsaturated/α-hetero) is 1. The number of hydrogen-bond acceptors (Lipinski definition) is 6. The van der Waals surface area contributed by atoms with Gasteiger partial charge in [0.05, 0.1) is 16.1 Å². The Morgan fingerprint density at radius 3 is 2.27 bits per heavy atom. The molecule has 1 saturated heterocycles. The highest BCUT2D eigenvalue weighted by atomic mass is 32.2. The number of hydrogen-bond donors (Lipinski definition) is 0. The van der Waals surface area contributed by atoms with Gasteiger partial charge in [-0.15, -0.1) is 5.06 Å². The van der Waals surface area contributed by atoms with Crippen molar-refractivity contribution >= 4 is 21.6 Å². The molecule has 0 N–H and O–H groups in total. The third-order valence-corrected chi connectivity index (χ3v) is 6.30. The van der Waals surface area contributed by atoms with Crippen LogP contribution in [0.5, 0.6) is 0 Å². The third kappa shape index (κ3) is 4.71. The summed E-state index contributed by atoms with van der Waals surface area (Å²) in [6, 6.07) is 6.39. The Hall–Kier alpha value is -1.73. The molecule has 0 spiro atoms. The monoisotopic (exact) mass is 381 g/mol. The van der Waals surface area contributed by atoms with E-state index in [2.05, 4.69) is 0 Å². The molecule has 0 bridgehead atoms. The van der Waals surface area contributed by atoms with Crippen molar-refractivity contribution in [2.75, 3.05) is 18.8 Å². The summed E-state index contributed by atoms with van der Waals surface area (Å²) in [5.74, 6) is -0.771. The summed E-state index contributed by atoms with van der Waals surface area (Å²) in [5, 5.41) is 1.59. The van der Waals surface area contributed by atoms with Crippen LogP contribution < -0.4 is 0 Å². The van der Waals surface area contributed by atoms with Gasteiger partial charge < -0.3 is 4.84 Å². The molecule has 1 fully saturated rings. The molecule has 1 aliphatic rings. The Kier molecular flexibility index (Phi) is 6.24. The molecule has 144 valence electrons. The molecule has 1 aromatic rings. The number of carbonyl (C=O) groups excluding carboxylic acids is 2. The minimum Gasteiger partial charge on any atom is -0.367 e. The predicted molar refractivity (Wildman–Crippen MR) is 98.3 cm³/mol. The van der Waals surface area contributed by atoms with E-state index in [1.165, 1.54) is 6.07 Å². The molecular formula is C19H27NO5S. The lowest BCUT2D eigenvalue weighted by molar-refractivity contribution is -0.205. The van der Waals surface area contributed by atoms with Gasteiger partial charge in [0.15, 0.2) is 15.6 Å². The zero-order valence-corrected chi connectivity index (χ0v) is 16.6. The van der Waals surface area contributed by atoms with E-state index in [9.17, 15) is 18.0 Å². The zero-order valence-electron chi connectivity index (χ0n) is 15.8. The highest BCUT2D eigenvalue weighted by Gasteiger charge is 2.32. The van der Waals surface area contributed by atoms with E-state index in [-0.39, 0.29) is 33.9 Å². The van der Waals surface area contributed by atoms with Crippen LogP contribution in [0.2, 0.25) is 0 Å². The lowest BCUT2D eigenvalue weighted by Gasteiger charge is -2.31. The smallest absolute Gasteiger partial charge is 0.330 e. The third-order valence-electron chi connectivity index (χ3n) is 4.52. The van der Waals surface area contributed by atoms with Crippen LogP contribution in [0.15, 0.2) is 29.2 Å². The first-order valence-electron chi connectivity index (χ1n) is 8.89. The number of carbonyl (C=O) groups is 2. The van der Waals surface area contributed by atoms with Crippen LogP contribution in [0, 0.1) is 11.3 Å². The fourth-order valence-electron chi connectivity index (χ4n) is 2.78. The van der Waals surface area contributed by atoms with Crippen LogP contribution in [0.4, 0.5) is 0 Å². The average molecular weight is 381 g/mol. The molecular weight excluding hydrogens is 354 g/mol. The summed E-state index contributed by atoms with van der Waals surface area (Å²) in [5.41, 5.74) is -0.320. The van der Waals surface area contributed by atoms with Crippen molar-refractivity contribution in [3.05, 3.63) is 29.8 Å². The molecule has 26 heavy (non-hydrogen) atoms. The minimum atomic E-state index is -3.46. The van der Waals surface area contributed by atoms with Gasteiger partial charge in [-0.2, -0.15) is 0 Å². The van der Waals surface area contributed by atoms with Crippen molar-refractivity contribution in [2.24, 2.45) is 11.3 Å². The number of nitrogens with zero attached hydrogens (tertiary/aromatic N) is 1. The number of ketones is 1. The second-order valence-corrected chi connectivity index (χ2v) is 9.84. The zero-order chi connectivity index (χ0) is 19.5. The van der Waals surface area contributed by atoms with Crippen molar-refractivity contribution in [1.82, 2.24) is 5.06 Å². The number of hydroxylamine groups is 2. The Morgan fingerprint density at radius 2 is 1.73 bits per heavy atom. The standard InChI is InChI=1S/C19H27NO5S/c1-5-26(23,24)16-9-7-6-8-15(16)17(21)14-10-12-20(13-11-14)25-18(22)19(2,3)4/h6-9,14H,5,10-13H2,1-4H3. The molecule has 1 aromatic carbocycles. The molecule has 2 rings (SSSR count). The first-order chi connectivity index (χ1) is 12.1. The second-order valence-electron chi connectivity index (χ2n) is 7.60. The Morgan fingerprint density at radius 1 is 1.15 bits per heavy atom. The van der Waals surface area contributed by atoms with E-state index in [4.69, 9.17) is 4.84 Å². The minimum absolute atomic E-state index is 0.0432. The molecule has 0 atom stereocenters. The first-order valence-corrected chi connectivity index (χ1v) is 10.5. The first kappa shape index (κ1) is 20.6. The maximum atomic E-state index is 12.9. The van der Waals surface area contributed by atoms with Crippen molar-refractivity contribution in [2.45, 2.75) is 45.4 Å². The van der Waals surface area contributed by atoms with Gasteiger partial charge in [0.2, 0.25) is 0 Å². The molecule has 0 aliphatic carbocycles. The number of benzene rings is 1. The summed E-state index contributed by atoms with van der Waals surface area (Å²) in [7, 11) is -3.46. The number of rotatable bonds is 5. The van der Waals surface area contributed by atoms with Crippen LogP contribution in [0.3, 0.4) is 0 Å². The van der Waals surface area contributed by atoms with Gasteiger partial charge in [-0.05, 0) is 39.7 Å². The van der Waals surface area contributed by atoms with Gasteiger partial charge in [-0.1, -0.05) is 25.1 Å². The van der Waals surface area contributed by atoms with Crippen LogP contribution in [0.1, 0.15) is 50.9 Å². The molecule has 0 aromatic heterocycles. The lowest BCUT2D eigenvalue weighted by Crippen LogP contribution is -2.40. The molecule has 0 radical (unpaired) electrons. The van der Waals surface area contributed by atoms with Gasteiger partial charge in [-0.25, -0.2) is 13.2 Å². The van der Waals surface area contributed by atoms with Gasteiger partial charge in [0, 0.05) is 24.6 Å². The molecule has 6 nitrogen and oxygen atoms in total. The summed E-state index contributed by atoms with van der Waals surface area (Å²) in [6.45, 7) is 7.85. The SMILES string of the molecule is CCS(=O)(=O)c1ccccc1C(=O)C1CCN(OC(=O)C(C)(C)C)CC1. The summed E-state index contributed by atoms with van der Waals surface area (Å²) in [6.07, 6.45) is 1.05. The van der Waals surface area contributed by atoms with Gasteiger partial charge in [-0.3, -0.25) is 4.79 Å². The normalized spacial score (nSPS) is 17.1. The van der Waals surface area contributed by atoms with E-state index in [1.54, 1.807) is 51.0 Å². The van der Waals surface area contributed by atoms with E-state index >= 15 is 0 Å². The van der Waals surface area contributed by atoms with Crippen LogP contribution in [-0.2, 0) is 19.5 Å². The topological polar surface area (TPSA) is 80.8 Å².